The van der Waals surface area contributed by atoms with Gasteiger partial charge >= 0.3 is 0 Å². The summed E-state index contributed by atoms with van der Waals surface area (Å²) >= 11 is 1.21. The van der Waals surface area contributed by atoms with E-state index in [1.54, 1.807) is 11.1 Å². The van der Waals surface area contributed by atoms with Crippen molar-refractivity contribution in [1.29, 1.82) is 0 Å². The maximum Gasteiger partial charge on any atom is 0.249 e. The highest BCUT2D eigenvalue weighted by atomic mass is 32.2. The maximum absolute atomic E-state index is 13.0. The lowest BCUT2D eigenvalue weighted by Crippen LogP contribution is -2.55. The number of rotatable bonds is 4. The van der Waals surface area contributed by atoms with Gasteiger partial charge < -0.3 is 15.1 Å². The van der Waals surface area contributed by atoms with Crippen molar-refractivity contribution >= 4 is 41.0 Å². The molecule has 2 aliphatic rings. The molecule has 1 aliphatic carbocycles. The molecule has 1 unspecified atom stereocenters. The van der Waals surface area contributed by atoms with Gasteiger partial charge in [0.1, 0.15) is 11.7 Å². The molecule has 148 valence electrons. The number of fused-ring (bicyclic) bond motifs is 1. The van der Waals surface area contributed by atoms with E-state index in [2.05, 4.69) is 15.2 Å². The predicted octanol–water partition coefficient (Wildman–Crippen LogP) is 3.55. The van der Waals surface area contributed by atoms with Crippen molar-refractivity contribution in [3.8, 4) is 0 Å². The molecular formula is C20H26N6OS. The standard InChI is InChI=1S/C20H26N6OS/c1-25-16-12-22-20(23-14-8-10-15(28-21)11-9-14)24-18(16)26(2)17(19(25)27)13-6-4-3-5-7-13/h8-13,17H,3-7,21H2,1-2H3,(H,22,23,24). The van der Waals surface area contributed by atoms with E-state index in [1.807, 2.05) is 38.4 Å². The van der Waals surface area contributed by atoms with Gasteiger partial charge in [0.15, 0.2) is 5.82 Å². The van der Waals surface area contributed by atoms with E-state index in [1.165, 1.54) is 31.2 Å². The number of aromatic nitrogens is 2. The monoisotopic (exact) mass is 398 g/mol. The lowest BCUT2D eigenvalue weighted by atomic mass is 9.82. The van der Waals surface area contributed by atoms with E-state index in [4.69, 9.17) is 10.1 Å². The van der Waals surface area contributed by atoms with E-state index in [0.717, 1.165) is 34.9 Å². The molecule has 0 saturated heterocycles. The minimum absolute atomic E-state index is 0.140. The number of anilines is 4. The average Bonchev–Trinajstić information content (AvgIpc) is 2.74. The first kappa shape index (κ1) is 19.0. The van der Waals surface area contributed by atoms with E-state index in [0.29, 0.717) is 11.9 Å². The van der Waals surface area contributed by atoms with Crippen LogP contribution in [0.2, 0.25) is 0 Å². The van der Waals surface area contributed by atoms with Gasteiger partial charge in [-0.05, 0) is 55.0 Å². The zero-order valence-corrected chi connectivity index (χ0v) is 17.1. The summed E-state index contributed by atoms with van der Waals surface area (Å²) in [4.78, 5) is 26.9. The molecule has 3 N–H and O–H groups in total. The summed E-state index contributed by atoms with van der Waals surface area (Å²) in [6.45, 7) is 0. The van der Waals surface area contributed by atoms with Crippen molar-refractivity contribution in [3.05, 3.63) is 30.5 Å². The van der Waals surface area contributed by atoms with Crippen LogP contribution in [-0.2, 0) is 4.79 Å². The largest absolute Gasteiger partial charge is 0.345 e. The summed E-state index contributed by atoms with van der Waals surface area (Å²) in [6.07, 6.45) is 7.60. The Bertz CT molecular complexity index is 852. The summed E-state index contributed by atoms with van der Waals surface area (Å²) in [6, 6.07) is 7.64. The predicted molar refractivity (Wildman–Crippen MR) is 114 cm³/mol. The van der Waals surface area contributed by atoms with Gasteiger partial charge in [-0.2, -0.15) is 4.98 Å². The second-order valence-corrected chi connectivity index (χ2v) is 8.23. The molecule has 0 radical (unpaired) electrons. The van der Waals surface area contributed by atoms with Crippen molar-refractivity contribution in [2.75, 3.05) is 29.2 Å². The lowest BCUT2D eigenvalue weighted by molar-refractivity contribution is -0.121. The van der Waals surface area contributed by atoms with Crippen molar-refractivity contribution in [2.45, 2.75) is 43.0 Å². The smallest absolute Gasteiger partial charge is 0.249 e. The molecule has 0 bridgehead atoms. The molecule has 2 heterocycles. The van der Waals surface area contributed by atoms with Crippen molar-refractivity contribution in [1.82, 2.24) is 9.97 Å². The third-order valence-corrected chi connectivity index (χ3v) is 6.33. The number of likely N-dealkylation sites (N-methyl/N-ethyl adjacent to an activating group) is 2. The fraction of sp³-hybridized carbons (Fsp3) is 0.450. The maximum atomic E-state index is 13.0. The first-order valence-corrected chi connectivity index (χ1v) is 10.6. The first-order chi connectivity index (χ1) is 13.6. The van der Waals surface area contributed by atoms with Crippen LogP contribution >= 0.6 is 11.9 Å². The van der Waals surface area contributed by atoms with Crippen LogP contribution in [-0.4, -0.2) is 36.0 Å². The summed E-state index contributed by atoms with van der Waals surface area (Å²) in [5, 5.41) is 8.82. The van der Waals surface area contributed by atoms with Gasteiger partial charge in [-0.1, -0.05) is 19.3 Å². The first-order valence-electron chi connectivity index (χ1n) is 9.69. The molecule has 4 rings (SSSR count). The van der Waals surface area contributed by atoms with Gasteiger partial charge in [-0.15, -0.1) is 0 Å². The van der Waals surface area contributed by atoms with Crippen LogP contribution in [0.3, 0.4) is 0 Å². The fourth-order valence-corrected chi connectivity index (χ4v) is 4.54. The minimum Gasteiger partial charge on any atom is -0.345 e. The number of nitrogens with two attached hydrogens (primary N) is 1. The summed E-state index contributed by atoms with van der Waals surface area (Å²) in [7, 11) is 3.80. The highest BCUT2D eigenvalue weighted by molar-refractivity contribution is 7.97. The highest BCUT2D eigenvalue weighted by Gasteiger charge is 2.41. The van der Waals surface area contributed by atoms with Crippen LogP contribution in [0.4, 0.5) is 23.1 Å². The fourth-order valence-electron chi connectivity index (χ4n) is 4.25. The summed E-state index contributed by atoms with van der Waals surface area (Å²) in [5.74, 6) is 1.84. The van der Waals surface area contributed by atoms with E-state index in [-0.39, 0.29) is 11.9 Å². The number of benzene rings is 1. The Balaban J connectivity index is 1.61. The number of carbonyl (C=O) groups is 1. The number of amides is 1. The molecule has 1 fully saturated rings. The summed E-state index contributed by atoms with van der Waals surface area (Å²) < 4.78 is 0. The van der Waals surface area contributed by atoms with Gasteiger partial charge in [-0.25, -0.2) is 4.98 Å². The Labute approximate surface area is 169 Å². The number of nitrogens with one attached hydrogen (secondary N) is 1. The number of nitrogens with zero attached hydrogens (tertiary/aromatic N) is 4. The molecule has 28 heavy (non-hydrogen) atoms. The Morgan fingerprint density at radius 1 is 1.14 bits per heavy atom. The van der Waals surface area contributed by atoms with Gasteiger partial charge in [0.05, 0.1) is 6.20 Å². The molecular weight excluding hydrogens is 372 g/mol. The van der Waals surface area contributed by atoms with Crippen LogP contribution in [0.1, 0.15) is 32.1 Å². The molecule has 1 atom stereocenters. The quantitative estimate of drug-likeness (QED) is 0.762. The van der Waals surface area contributed by atoms with Crippen molar-refractivity contribution in [3.63, 3.8) is 0 Å². The highest BCUT2D eigenvalue weighted by Crippen LogP contribution is 2.39. The molecule has 1 amide bonds. The van der Waals surface area contributed by atoms with E-state index in [9.17, 15) is 4.79 Å². The topological polar surface area (TPSA) is 87.4 Å². The lowest BCUT2D eigenvalue weighted by Gasteiger charge is -2.43. The molecule has 1 aromatic carbocycles. The second-order valence-electron chi connectivity index (χ2n) is 7.52. The Morgan fingerprint density at radius 3 is 2.54 bits per heavy atom. The number of hydrogen-bond acceptors (Lipinski definition) is 7. The molecule has 8 heteroatoms. The molecule has 1 aromatic heterocycles. The van der Waals surface area contributed by atoms with Gasteiger partial charge in [0.25, 0.3) is 0 Å². The van der Waals surface area contributed by atoms with Crippen molar-refractivity contribution in [2.24, 2.45) is 11.1 Å². The second kappa shape index (κ2) is 7.97. The minimum atomic E-state index is -0.151. The van der Waals surface area contributed by atoms with Crippen LogP contribution in [0.25, 0.3) is 0 Å². The molecule has 2 aromatic rings. The zero-order valence-electron chi connectivity index (χ0n) is 16.3. The third kappa shape index (κ3) is 3.54. The van der Waals surface area contributed by atoms with Crippen LogP contribution in [0.5, 0.6) is 0 Å². The molecule has 0 spiro atoms. The Hall–Kier alpha value is -2.32. The Morgan fingerprint density at radius 2 is 1.86 bits per heavy atom. The average molecular weight is 399 g/mol. The van der Waals surface area contributed by atoms with E-state index >= 15 is 0 Å². The molecule has 7 nitrogen and oxygen atoms in total. The zero-order chi connectivity index (χ0) is 19.7. The van der Waals surface area contributed by atoms with Gasteiger partial charge in [-0.3, -0.25) is 9.93 Å². The van der Waals surface area contributed by atoms with Crippen molar-refractivity contribution < 1.29 is 4.79 Å². The van der Waals surface area contributed by atoms with Crippen LogP contribution < -0.4 is 20.3 Å². The number of carbonyl (C=O) groups excluding carboxylic acids is 1. The van der Waals surface area contributed by atoms with Gasteiger partial charge in [0.2, 0.25) is 11.9 Å². The van der Waals surface area contributed by atoms with Crippen LogP contribution in [0, 0.1) is 5.92 Å². The number of hydrogen-bond donors (Lipinski definition) is 2. The van der Waals surface area contributed by atoms with E-state index < -0.39 is 0 Å². The Kier molecular flexibility index (Phi) is 5.41. The third-order valence-electron chi connectivity index (χ3n) is 5.79. The molecule has 1 saturated carbocycles. The van der Waals surface area contributed by atoms with Gasteiger partial charge in [0, 0.05) is 24.7 Å². The molecule has 1 aliphatic heterocycles. The normalized spacial score (nSPS) is 20.2. The summed E-state index contributed by atoms with van der Waals surface area (Å²) in [5.41, 5.74) is 1.64. The van der Waals surface area contributed by atoms with Crippen LogP contribution in [0.15, 0.2) is 35.4 Å². The SMILES string of the molecule is CN1C(=O)C(C2CCCCC2)N(C)c2nc(Nc3ccc(SN)cc3)ncc21.